The molecular weight excluding hydrogens is 160 g/mol. The quantitative estimate of drug-likeness (QED) is 0.626. The maximum atomic E-state index is 8.61. The monoisotopic (exact) mass is 184 g/mol. The van der Waals surface area contributed by atoms with Crippen LogP contribution in [0, 0.1) is 5.92 Å². The van der Waals surface area contributed by atoms with Crippen LogP contribution < -0.4 is 0 Å². The Morgan fingerprint density at radius 3 is 2.23 bits per heavy atom. The van der Waals surface area contributed by atoms with E-state index in [1.165, 1.54) is 57.8 Å². The molecule has 1 nitrogen and oxygen atoms in total. The van der Waals surface area contributed by atoms with E-state index in [1.807, 2.05) is 0 Å². The van der Waals surface area contributed by atoms with Gasteiger partial charge in [-0.3, -0.25) is 0 Å². The predicted molar refractivity (Wildman–Crippen MR) is 56.7 cm³/mol. The van der Waals surface area contributed by atoms with Crippen LogP contribution in [0.5, 0.6) is 0 Å². The number of aliphatic hydroxyl groups excluding tert-OH is 1. The van der Waals surface area contributed by atoms with Crippen LogP contribution in [-0.2, 0) is 0 Å². The van der Waals surface area contributed by atoms with Gasteiger partial charge in [0.2, 0.25) is 0 Å². The summed E-state index contributed by atoms with van der Waals surface area (Å²) < 4.78 is 0. The highest BCUT2D eigenvalue weighted by Crippen LogP contribution is 2.27. The van der Waals surface area contributed by atoms with E-state index in [9.17, 15) is 0 Å². The molecule has 0 bridgehead atoms. The normalized spacial score (nSPS) is 19.2. The summed E-state index contributed by atoms with van der Waals surface area (Å²) in [5.74, 6) is 1.04. The molecule has 1 rings (SSSR count). The van der Waals surface area contributed by atoms with Crippen LogP contribution in [0.2, 0.25) is 0 Å². The lowest BCUT2D eigenvalue weighted by atomic mass is 9.85. The molecule has 0 atom stereocenters. The zero-order chi connectivity index (χ0) is 9.36. The molecule has 1 aliphatic rings. The molecule has 1 aliphatic carbocycles. The van der Waals surface area contributed by atoms with E-state index in [0.717, 1.165) is 12.3 Å². The lowest BCUT2D eigenvalue weighted by Gasteiger charge is -2.21. The second kappa shape index (κ2) is 7.37. The van der Waals surface area contributed by atoms with Gasteiger partial charge in [-0.05, 0) is 12.3 Å². The van der Waals surface area contributed by atoms with Gasteiger partial charge in [0.15, 0.2) is 0 Å². The molecule has 0 aliphatic heterocycles. The Morgan fingerprint density at radius 1 is 0.846 bits per heavy atom. The first kappa shape index (κ1) is 11.0. The molecule has 0 aromatic rings. The molecule has 0 spiro atoms. The van der Waals surface area contributed by atoms with Gasteiger partial charge < -0.3 is 5.11 Å². The highest BCUT2D eigenvalue weighted by molar-refractivity contribution is 4.65. The summed E-state index contributed by atoms with van der Waals surface area (Å²) in [6.45, 7) is 0.378. The second-order valence-electron chi connectivity index (χ2n) is 4.43. The number of unbranched alkanes of at least 4 members (excludes halogenated alkanes) is 3. The Kier molecular flexibility index (Phi) is 6.26. The minimum absolute atomic E-state index is 0.378. The Balaban J connectivity index is 1.86. The first-order valence-electron chi connectivity index (χ1n) is 6.04. The third kappa shape index (κ3) is 5.30. The van der Waals surface area contributed by atoms with Crippen LogP contribution in [0.3, 0.4) is 0 Å². The van der Waals surface area contributed by atoms with Crippen molar-refractivity contribution in [3.63, 3.8) is 0 Å². The fourth-order valence-electron chi connectivity index (χ4n) is 2.37. The summed E-state index contributed by atoms with van der Waals surface area (Å²) in [6, 6.07) is 0. The highest BCUT2D eigenvalue weighted by Gasteiger charge is 2.12. The first-order chi connectivity index (χ1) is 6.43. The van der Waals surface area contributed by atoms with E-state index in [4.69, 9.17) is 5.11 Å². The molecule has 0 unspecified atom stereocenters. The van der Waals surface area contributed by atoms with Gasteiger partial charge in [-0.1, -0.05) is 57.8 Å². The van der Waals surface area contributed by atoms with Crippen molar-refractivity contribution >= 4 is 0 Å². The van der Waals surface area contributed by atoms with Crippen LogP contribution in [-0.4, -0.2) is 11.7 Å². The average Bonchev–Trinajstić information content (AvgIpc) is 2.19. The van der Waals surface area contributed by atoms with Crippen molar-refractivity contribution < 1.29 is 5.11 Å². The van der Waals surface area contributed by atoms with Crippen molar-refractivity contribution in [3.05, 3.63) is 0 Å². The van der Waals surface area contributed by atoms with Crippen molar-refractivity contribution in [2.45, 2.75) is 64.2 Å². The smallest absolute Gasteiger partial charge is 0.0431 e. The second-order valence-corrected chi connectivity index (χ2v) is 4.43. The van der Waals surface area contributed by atoms with Gasteiger partial charge >= 0.3 is 0 Å². The maximum Gasteiger partial charge on any atom is 0.0431 e. The third-order valence-electron chi connectivity index (χ3n) is 3.25. The molecule has 13 heavy (non-hydrogen) atoms. The molecular formula is C12H24O. The first-order valence-corrected chi connectivity index (χ1v) is 6.04. The third-order valence-corrected chi connectivity index (χ3v) is 3.25. The molecule has 0 heterocycles. The summed E-state index contributed by atoms with van der Waals surface area (Å²) in [5, 5.41) is 8.61. The Bertz CT molecular complexity index is 106. The maximum absolute atomic E-state index is 8.61. The molecule has 1 saturated carbocycles. The minimum atomic E-state index is 0.378. The summed E-state index contributed by atoms with van der Waals surface area (Å²) in [6.07, 6.45) is 13.8. The fourth-order valence-corrected chi connectivity index (χ4v) is 2.37. The van der Waals surface area contributed by atoms with Crippen molar-refractivity contribution in [2.75, 3.05) is 6.61 Å². The molecule has 0 amide bonds. The Labute approximate surface area is 82.5 Å². The highest BCUT2D eigenvalue weighted by atomic mass is 16.2. The van der Waals surface area contributed by atoms with Crippen LogP contribution >= 0.6 is 0 Å². The molecule has 1 heteroatoms. The molecule has 0 aromatic heterocycles. The largest absolute Gasteiger partial charge is 0.396 e. The lowest BCUT2D eigenvalue weighted by Crippen LogP contribution is -2.05. The zero-order valence-corrected chi connectivity index (χ0v) is 8.80. The van der Waals surface area contributed by atoms with E-state index in [0.29, 0.717) is 6.61 Å². The fraction of sp³-hybridized carbons (Fsp3) is 1.00. The van der Waals surface area contributed by atoms with Gasteiger partial charge in [-0.15, -0.1) is 0 Å². The van der Waals surface area contributed by atoms with Gasteiger partial charge in [0.1, 0.15) is 0 Å². The van der Waals surface area contributed by atoms with Crippen LogP contribution in [0.4, 0.5) is 0 Å². The lowest BCUT2D eigenvalue weighted by molar-refractivity contribution is 0.279. The SMILES string of the molecule is OCCCCCCC1CCCCC1. The van der Waals surface area contributed by atoms with Gasteiger partial charge in [-0.2, -0.15) is 0 Å². The number of aliphatic hydroxyl groups is 1. The zero-order valence-electron chi connectivity index (χ0n) is 8.80. The van der Waals surface area contributed by atoms with Crippen molar-refractivity contribution in [1.82, 2.24) is 0 Å². The molecule has 78 valence electrons. The molecule has 1 N–H and O–H groups in total. The number of hydrogen-bond acceptors (Lipinski definition) is 1. The minimum Gasteiger partial charge on any atom is -0.396 e. The molecule has 1 fully saturated rings. The predicted octanol–water partition coefficient (Wildman–Crippen LogP) is 3.51. The standard InChI is InChI=1S/C12H24O/c13-11-7-2-1-4-8-12-9-5-3-6-10-12/h12-13H,1-11H2. The van der Waals surface area contributed by atoms with Crippen molar-refractivity contribution in [3.8, 4) is 0 Å². The molecule has 0 radical (unpaired) electrons. The van der Waals surface area contributed by atoms with Crippen molar-refractivity contribution in [1.29, 1.82) is 0 Å². The summed E-state index contributed by atoms with van der Waals surface area (Å²) in [5.41, 5.74) is 0. The van der Waals surface area contributed by atoms with E-state index >= 15 is 0 Å². The van der Waals surface area contributed by atoms with E-state index in [1.54, 1.807) is 0 Å². The van der Waals surface area contributed by atoms with Gasteiger partial charge in [-0.25, -0.2) is 0 Å². The summed E-state index contributed by atoms with van der Waals surface area (Å²) in [4.78, 5) is 0. The molecule has 0 aromatic carbocycles. The summed E-state index contributed by atoms with van der Waals surface area (Å²) in [7, 11) is 0. The average molecular weight is 184 g/mol. The molecule has 0 saturated heterocycles. The number of hydrogen-bond donors (Lipinski definition) is 1. The topological polar surface area (TPSA) is 20.2 Å². The van der Waals surface area contributed by atoms with Crippen LogP contribution in [0.1, 0.15) is 64.2 Å². The van der Waals surface area contributed by atoms with E-state index < -0.39 is 0 Å². The van der Waals surface area contributed by atoms with E-state index in [2.05, 4.69) is 0 Å². The van der Waals surface area contributed by atoms with E-state index in [-0.39, 0.29) is 0 Å². The Hall–Kier alpha value is -0.0400. The van der Waals surface area contributed by atoms with Crippen LogP contribution in [0.25, 0.3) is 0 Å². The van der Waals surface area contributed by atoms with Gasteiger partial charge in [0.25, 0.3) is 0 Å². The van der Waals surface area contributed by atoms with Gasteiger partial charge in [0.05, 0.1) is 0 Å². The van der Waals surface area contributed by atoms with Crippen molar-refractivity contribution in [2.24, 2.45) is 5.92 Å². The van der Waals surface area contributed by atoms with Crippen LogP contribution in [0.15, 0.2) is 0 Å². The number of rotatable bonds is 6. The van der Waals surface area contributed by atoms with Gasteiger partial charge in [0, 0.05) is 6.61 Å². The Morgan fingerprint density at radius 2 is 1.54 bits per heavy atom. The summed E-state index contributed by atoms with van der Waals surface area (Å²) >= 11 is 0.